The van der Waals surface area contributed by atoms with Gasteiger partial charge >= 0.3 is 0 Å². The van der Waals surface area contributed by atoms with Crippen LogP contribution in [0.4, 0.5) is 11.4 Å². The normalized spacial score (nSPS) is 15.4. The summed E-state index contributed by atoms with van der Waals surface area (Å²) in [6.45, 7) is 9.43. The van der Waals surface area contributed by atoms with E-state index in [1.165, 1.54) is 67.0 Å². The van der Waals surface area contributed by atoms with Gasteiger partial charge in [0.25, 0.3) is 0 Å². The molecule has 1 nitrogen and oxygen atoms in total. The molecule has 5 aromatic rings. The van der Waals surface area contributed by atoms with Crippen LogP contribution in [0.2, 0.25) is 0 Å². The second kappa shape index (κ2) is 7.95. The van der Waals surface area contributed by atoms with Gasteiger partial charge in [0.2, 0.25) is 0 Å². The number of nitrogens with zero attached hydrogens (tertiary/aromatic N) is 1. The van der Waals surface area contributed by atoms with E-state index in [0.717, 1.165) is 0 Å². The Kier molecular flexibility index (Phi) is 4.82. The maximum absolute atomic E-state index is 2.41. The minimum Gasteiger partial charge on any atom is -0.345 e. The molecule has 0 aromatic heterocycles. The van der Waals surface area contributed by atoms with Crippen LogP contribution in [0.1, 0.15) is 49.9 Å². The summed E-state index contributed by atoms with van der Waals surface area (Å²) in [5.41, 5.74) is 16.0. The molecule has 5 aromatic carbocycles. The molecule has 0 saturated carbocycles. The molecule has 0 aliphatic heterocycles. The summed E-state index contributed by atoms with van der Waals surface area (Å²) >= 11 is 0. The lowest BCUT2D eigenvalue weighted by Gasteiger charge is -2.27. The van der Waals surface area contributed by atoms with Gasteiger partial charge in [-0.25, -0.2) is 0 Å². The van der Waals surface area contributed by atoms with Crippen molar-refractivity contribution in [2.45, 2.75) is 38.5 Å². The molecule has 0 N–H and O–H groups in total. The molecule has 38 heavy (non-hydrogen) atoms. The van der Waals surface area contributed by atoms with Gasteiger partial charge < -0.3 is 4.90 Å². The Hall–Kier alpha value is -4.10. The summed E-state index contributed by atoms with van der Waals surface area (Å²) in [7, 11) is 2.20. The number of fused-ring (bicyclic) bond motifs is 6. The van der Waals surface area contributed by atoms with Crippen LogP contribution >= 0.6 is 0 Å². The van der Waals surface area contributed by atoms with E-state index < -0.39 is 0 Å². The van der Waals surface area contributed by atoms with Gasteiger partial charge in [-0.15, -0.1) is 0 Å². The molecule has 0 heterocycles. The highest BCUT2D eigenvalue weighted by Crippen LogP contribution is 2.52. The van der Waals surface area contributed by atoms with Crippen LogP contribution in [0.5, 0.6) is 0 Å². The lowest BCUT2D eigenvalue weighted by atomic mass is 9.81. The maximum atomic E-state index is 2.41. The van der Waals surface area contributed by atoms with Gasteiger partial charge in [0.05, 0.1) is 0 Å². The van der Waals surface area contributed by atoms with Gasteiger partial charge in [-0.2, -0.15) is 0 Å². The van der Waals surface area contributed by atoms with Crippen molar-refractivity contribution < 1.29 is 0 Å². The van der Waals surface area contributed by atoms with Crippen molar-refractivity contribution in [2.75, 3.05) is 11.9 Å². The third-order valence-electron chi connectivity index (χ3n) is 9.11. The predicted octanol–water partition coefficient (Wildman–Crippen LogP) is 9.73. The average Bonchev–Trinajstić information content (AvgIpc) is 3.32. The first-order valence-electron chi connectivity index (χ1n) is 13.6. The first-order chi connectivity index (χ1) is 18.3. The van der Waals surface area contributed by atoms with Crippen molar-refractivity contribution in [1.29, 1.82) is 0 Å². The van der Waals surface area contributed by atoms with Gasteiger partial charge in [0, 0.05) is 29.3 Å². The van der Waals surface area contributed by atoms with Gasteiger partial charge in [-0.3, -0.25) is 0 Å². The smallest absolute Gasteiger partial charge is 0.0411 e. The quantitative estimate of drug-likeness (QED) is 0.243. The molecular weight excluding hydrogens is 458 g/mol. The Morgan fingerprint density at radius 3 is 1.53 bits per heavy atom. The van der Waals surface area contributed by atoms with Crippen molar-refractivity contribution >= 4 is 11.4 Å². The Labute approximate surface area is 226 Å². The second-order valence-electron chi connectivity index (χ2n) is 11.9. The van der Waals surface area contributed by atoms with Crippen molar-refractivity contribution in [3.05, 3.63) is 131 Å². The molecule has 2 aliphatic carbocycles. The third kappa shape index (κ3) is 3.18. The Morgan fingerprint density at radius 1 is 0.421 bits per heavy atom. The van der Waals surface area contributed by atoms with E-state index in [1.807, 2.05) is 0 Å². The molecule has 0 fully saturated rings. The zero-order valence-electron chi connectivity index (χ0n) is 22.8. The van der Waals surface area contributed by atoms with E-state index in [4.69, 9.17) is 0 Å². The van der Waals surface area contributed by atoms with Crippen LogP contribution < -0.4 is 4.90 Å². The van der Waals surface area contributed by atoms with Gasteiger partial charge in [0.15, 0.2) is 0 Å². The van der Waals surface area contributed by atoms with Gasteiger partial charge in [0.1, 0.15) is 0 Å². The number of hydrogen-bond donors (Lipinski definition) is 0. The fourth-order valence-electron chi connectivity index (χ4n) is 6.79. The van der Waals surface area contributed by atoms with E-state index in [2.05, 4.69) is 149 Å². The molecule has 0 bridgehead atoms. The maximum Gasteiger partial charge on any atom is 0.0411 e. The van der Waals surface area contributed by atoms with Crippen molar-refractivity contribution in [3.63, 3.8) is 0 Å². The molecular formula is C37H33N. The average molecular weight is 492 g/mol. The highest BCUT2D eigenvalue weighted by molar-refractivity contribution is 5.87. The largest absolute Gasteiger partial charge is 0.345 e. The van der Waals surface area contributed by atoms with Crippen LogP contribution in [0.3, 0.4) is 0 Å². The van der Waals surface area contributed by atoms with Gasteiger partial charge in [-0.1, -0.05) is 107 Å². The topological polar surface area (TPSA) is 3.24 Å². The Balaban J connectivity index is 1.27. The monoisotopic (exact) mass is 491 g/mol. The van der Waals surface area contributed by atoms with Crippen LogP contribution in [-0.2, 0) is 10.8 Å². The highest BCUT2D eigenvalue weighted by Gasteiger charge is 2.37. The lowest BCUT2D eigenvalue weighted by molar-refractivity contribution is 0.660. The molecule has 186 valence electrons. The minimum absolute atomic E-state index is 0.000801. The van der Waals surface area contributed by atoms with Crippen LogP contribution in [0, 0.1) is 0 Å². The van der Waals surface area contributed by atoms with Crippen LogP contribution in [-0.4, -0.2) is 7.05 Å². The molecule has 7 rings (SSSR count). The van der Waals surface area contributed by atoms with E-state index in [1.54, 1.807) is 0 Å². The minimum atomic E-state index is -0.0616. The van der Waals surface area contributed by atoms with Crippen LogP contribution in [0.15, 0.2) is 109 Å². The zero-order valence-corrected chi connectivity index (χ0v) is 22.8. The van der Waals surface area contributed by atoms with Crippen molar-refractivity contribution in [1.82, 2.24) is 0 Å². The van der Waals surface area contributed by atoms with Crippen molar-refractivity contribution in [3.8, 4) is 33.4 Å². The number of benzene rings is 5. The van der Waals surface area contributed by atoms with Crippen LogP contribution in [0.25, 0.3) is 33.4 Å². The van der Waals surface area contributed by atoms with E-state index in [9.17, 15) is 0 Å². The predicted molar refractivity (Wildman–Crippen MR) is 162 cm³/mol. The number of hydrogen-bond acceptors (Lipinski definition) is 1. The van der Waals surface area contributed by atoms with E-state index in [0.29, 0.717) is 0 Å². The highest BCUT2D eigenvalue weighted by atomic mass is 15.1. The molecule has 0 atom stereocenters. The van der Waals surface area contributed by atoms with E-state index >= 15 is 0 Å². The summed E-state index contributed by atoms with van der Waals surface area (Å²) in [6.07, 6.45) is 0. The zero-order chi connectivity index (χ0) is 26.2. The first kappa shape index (κ1) is 23.0. The molecule has 2 aliphatic rings. The fraction of sp³-hybridized carbons (Fsp3) is 0.189. The first-order valence-corrected chi connectivity index (χ1v) is 13.6. The molecule has 0 radical (unpaired) electrons. The summed E-state index contributed by atoms with van der Waals surface area (Å²) in [4.78, 5) is 2.34. The molecule has 0 saturated heterocycles. The lowest BCUT2D eigenvalue weighted by Crippen LogP contribution is -2.18. The number of rotatable bonds is 3. The Bertz CT molecular complexity index is 1720. The number of anilines is 2. The third-order valence-corrected chi connectivity index (χ3v) is 9.11. The molecule has 0 amide bonds. The molecule has 0 unspecified atom stereocenters. The summed E-state index contributed by atoms with van der Waals surface area (Å²) in [5, 5.41) is 0. The molecule has 1 heteroatoms. The SMILES string of the molecule is CN(c1ccc2c(c1)C(C)(C)c1ccccc1-2)c1ccc2c(c1)C(C)(C)c1cc(-c3ccccc3)ccc1-2. The second-order valence-corrected chi connectivity index (χ2v) is 11.9. The molecule has 0 spiro atoms. The standard InChI is InChI=1S/C37H33N/c1-36(2)32-14-10-9-13-28(32)30-19-16-26(22-34(30)36)38(5)27-17-20-31-29-18-15-25(24-11-7-6-8-12-24)21-33(29)37(3,4)35(31)23-27/h6-23H,1-5H3. The van der Waals surface area contributed by atoms with Gasteiger partial charge in [-0.05, 0) is 86.0 Å². The Morgan fingerprint density at radius 2 is 0.895 bits per heavy atom. The summed E-state index contributed by atoms with van der Waals surface area (Å²) < 4.78 is 0. The summed E-state index contributed by atoms with van der Waals surface area (Å²) in [6, 6.07) is 40.5. The summed E-state index contributed by atoms with van der Waals surface area (Å²) in [5.74, 6) is 0. The van der Waals surface area contributed by atoms with Crippen molar-refractivity contribution in [2.24, 2.45) is 0 Å². The van der Waals surface area contributed by atoms with E-state index in [-0.39, 0.29) is 10.8 Å². The fourth-order valence-corrected chi connectivity index (χ4v) is 6.79.